The molecule has 0 atom stereocenters. The summed E-state index contributed by atoms with van der Waals surface area (Å²) >= 11 is 0. The SMILES string of the molecule is COc1ccc2c(ccn2NC(=O)c2cnc(-c3ccccn3)nc2)c1. The van der Waals surface area contributed by atoms with Gasteiger partial charge in [0, 0.05) is 30.2 Å². The predicted molar refractivity (Wildman–Crippen MR) is 97.4 cm³/mol. The summed E-state index contributed by atoms with van der Waals surface area (Å²) in [6.07, 6.45) is 6.43. The minimum atomic E-state index is -0.300. The summed E-state index contributed by atoms with van der Waals surface area (Å²) in [5.74, 6) is 0.937. The van der Waals surface area contributed by atoms with E-state index in [4.69, 9.17) is 4.74 Å². The van der Waals surface area contributed by atoms with E-state index in [1.54, 1.807) is 24.2 Å². The summed E-state index contributed by atoms with van der Waals surface area (Å²) in [5, 5.41) is 0.964. The lowest BCUT2D eigenvalue weighted by atomic mass is 10.2. The molecule has 0 aliphatic carbocycles. The summed E-state index contributed by atoms with van der Waals surface area (Å²) in [6, 6.07) is 13.0. The Labute approximate surface area is 149 Å². The zero-order valence-corrected chi connectivity index (χ0v) is 14.0. The number of nitrogens with zero attached hydrogens (tertiary/aromatic N) is 4. The number of carbonyl (C=O) groups is 1. The Bertz CT molecular complexity index is 1060. The second-order valence-electron chi connectivity index (χ2n) is 5.56. The van der Waals surface area contributed by atoms with Crippen molar-refractivity contribution >= 4 is 16.8 Å². The highest BCUT2D eigenvalue weighted by molar-refractivity contribution is 6.00. The average Bonchev–Trinajstić information content (AvgIpc) is 3.10. The molecule has 4 rings (SSSR count). The third kappa shape index (κ3) is 2.98. The summed E-state index contributed by atoms with van der Waals surface area (Å²) < 4.78 is 6.87. The van der Waals surface area contributed by atoms with Crippen LogP contribution >= 0.6 is 0 Å². The molecule has 1 N–H and O–H groups in total. The van der Waals surface area contributed by atoms with Crippen molar-refractivity contribution in [1.82, 2.24) is 19.6 Å². The number of fused-ring (bicyclic) bond motifs is 1. The van der Waals surface area contributed by atoms with Crippen LogP contribution in [0.1, 0.15) is 10.4 Å². The Kier molecular flexibility index (Phi) is 4.03. The Hall–Kier alpha value is -3.74. The van der Waals surface area contributed by atoms with Crippen molar-refractivity contribution in [3.8, 4) is 17.3 Å². The number of rotatable bonds is 4. The topological polar surface area (TPSA) is 81.9 Å². The van der Waals surface area contributed by atoms with Gasteiger partial charge < -0.3 is 4.74 Å². The van der Waals surface area contributed by atoms with Crippen molar-refractivity contribution in [2.75, 3.05) is 12.5 Å². The number of pyridine rings is 1. The molecule has 0 aliphatic rings. The number of hydrogen-bond donors (Lipinski definition) is 1. The molecule has 1 amide bonds. The number of methoxy groups -OCH3 is 1. The third-order valence-corrected chi connectivity index (χ3v) is 3.93. The molecule has 0 saturated carbocycles. The predicted octanol–water partition coefficient (Wildman–Crippen LogP) is 2.89. The first-order chi connectivity index (χ1) is 12.7. The number of benzene rings is 1. The van der Waals surface area contributed by atoms with Crippen molar-refractivity contribution in [2.45, 2.75) is 0 Å². The number of amides is 1. The molecule has 3 heterocycles. The Morgan fingerprint density at radius 2 is 1.92 bits per heavy atom. The van der Waals surface area contributed by atoms with Crippen molar-refractivity contribution in [1.29, 1.82) is 0 Å². The van der Waals surface area contributed by atoms with Gasteiger partial charge in [0.25, 0.3) is 5.91 Å². The van der Waals surface area contributed by atoms with E-state index in [1.165, 1.54) is 12.4 Å². The summed E-state index contributed by atoms with van der Waals surface area (Å²) in [6.45, 7) is 0. The molecule has 3 aromatic heterocycles. The molecular weight excluding hydrogens is 330 g/mol. The monoisotopic (exact) mass is 345 g/mol. The fourth-order valence-corrected chi connectivity index (χ4v) is 2.59. The van der Waals surface area contributed by atoms with Gasteiger partial charge in [0.2, 0.25) is 0 Å². The number of ether oxygens (including phenoxy) is 1. The van der Waals surface area contributed by atoms with E-state index in [1.807, 2.05) is 42.5 Å². The first kappa shape index (κ1) is 15.8. The molecule has 128 valence electrons. The zero-order chi connectivity index (χ0) is 17.9. The molecule has 0 unspecified atom stereocenters. The van der Waals surface area contributed by atoms with E-state index in [9.17, 15) is 4.79 Å². The summed E-state index contributed by atoms with van der Waals surface area (Å²) in [4.78, 5) is 25.1. The molecule has 1 aromatic carbocycles. The van der Waals surface area contributed by atoms with Gasteiger partial charge in [0.15, 0.2) is 5.82 Å². The number of carbonyl (C=O) groups excluding carboxylic acids is 1. The Morgan fingerprint density at radius 1 is 1.08 bits per heavy atom. The second-order valence-corrected chi connectivity index (χ2v) is 5.56. The average molecular weight is 345 g/mol. The van der Waals surface area contributed by atoms with Crippen LogP contribution < -0.4 is 10.2 Å². The van der Waals surface area contributed by atoms with Crippen LogP contribution in [0.3, 0.4) is 0 Å². The highest BCUT2D eigenvalue weighted by Crippen LogP contribution is 2.21. The standard InChI is InChI=1S/C19H15N5O2/c1-26-15-5-6-17-13(10-15)7-9-24(17)23-19(25)14-11-21-18(22-12-14)16-4-2-3-8-20-16/h2-12H,1H3,(H,23,25). The largest absolute Gasteiger partial charge is 0.497 e. The van der Waals surface area contributed by atoms with Crippen LogP contribution in [0.15, 0.2) is 67.3 Å². The maximum absolute atomic E-state index is 12.5. The fourth-order valence-electron chi connectivity index (χ4n) is 2.59. The number of aromatic nitrogens is 4. The molecule has 7 heteroatoms. The van der Waals surface area contributed by atoms with Crippen LogP contribution in [0.5, 0.6) is 5.75 Å². The van der Waals surface area contributed by atoms with E-state index in [0.717, 1.165) is 16.7 Å². The van der Waals surface area contributed by atoms with Gasteiger partial charge in [-0.1, -0.05) is 6.07 Å². The molecule has 7 nitrogen and oxygen atoms in total. The minimum absolute atomic E-state index is 0.300. The van der Waals surface area contributed by atoms with E-state index >= 15 is 0 Å². The molecule has 0 saturated heterocycles. The minimum Gasteiger partial charge on any atom is -0.497 e. The molecule has 0 spiro atoms. The van der Waals surface area contributed by atoms with E-state index in [0.29, 0.717) is 17.1 Å². The second kappa shape index (κ2) is 6.64. The summed E-state index contributed by atoms with van der Waals surface area (Å²) in [5.41, 5.74) is 4.70. The molecule has 4 aromatic rings. The summed E-state index contributed by atoms with van der Waals surface area (Å²) in [7, 11) is 1.62. The van der Waals surface area contributed by atoms with Gasteiger partial charge in [-0.05, 0) is 36.4 Å². The van der Waals surface area contributed by atoms with Gasteiger partial charge in [0.1, 0.15) is 11.4 Å². The smallest absolute Gasteiger partial charge is 0.273 e. The van der Waals surface area contributed by atoms with Crippen LogP contribution in [0, 0.1) is 0 Å². The van der Waals surface area contributed by atoms with Crippen LogP contribution in [-0.2, 0) is 0 Å². The molecule has 0 aliphatic heterocycles. The van der Waals surface area contributed by atoms with Gasteiger partial charge in [0.05, 0.1) is 18.2 Å². The molecule has 0 radical (unpaired) electrons. The van der Waals surface area contributed by atoms with E-state index in [-0.39, 0.29) is 5.91 Å². The van der Waals surface area contributed by atoms with Gasteiger partial charge in [-0.15, -0.1) is 0 Å². The third-order valence-electron chi connectivity index (χ3n) is 3.93. The zero-order valence-electron chi connectivity index (χ0n) is 14.0. The molecule has 0 bridgehead atoms. The first-order valence-corrected chi connectivity index (χ1v) is 7.94. The highest BCUT2D eigenvalue weighted by atomic mass is 16.5. The van der Waals surface area contributed by atoms with E-state index in [2.05, 4.69) is 20.4 Å². The van der Waals surface area contributed by atoms with Crippen LogP contribution in [0.4, 0.5) is 0 Å². The van der Waals surface area contributed by atoms with Crippen molar-refractivity contribution in [2.24, 2.45) is 0 Å². The molecular formula is C19H15N5O2. The van der Waals surface area contributed by atoms with Crippen molar-refractivity contribution < 1.29 is 9.53 Å². The molecule has 0 fully saturated rings. The maximum Gasteiger partial charge on any atom is 0.273 e. The first-order valence-electron chi connectivity index (χ1n) is 7.94. The molecule has 26 heavy (non-hydrogen) atoms. The van der Waals surface area contributed by atoms with Gasteiger partial charge in [-0.3, -0.25) is 19.9 Å². The number of hydrogen-bond acceptors (Lipinski definition) is 5. The Morgan fingerprint density at radius 3 is 2.65 bits per heavy atom. The van der Waals surface area contributed by atoms with Gasteiger partial charge in [-0.2, -0.15) is 0 Å². The van der Waals surface area contributed by atoms with Crippen molar-refractivity contribution in [3.05, 3.63) is 72.8 Å². The quantitative estimate of drug-likeness (QED) is 0.615. The lowest BCUT2D eigenvalue weighted by Gasteiger charge is -2.08. The van der Waals surface area contributed by atoms with Gasteiger partial charge in [-0.25, -0.2) is 9.97 Å². The Balaban J connectivity index is 1.55. The lowest BCUT2D eigenvalue weighted by molar-refractivity contribution is 0.101. The van der Waals surface area contributed by atoms with E-state index < -0.39 is 0 Å². The fraction of sp³-hybridized carbons (Fsp3) is 0.0526. The number of nitrogens with one attached hydrogen (secondary N) is 1. The normalized spacial score (nSPS) is 10.7. The van der Waals surface area contributed by atoms with Crippen LogP contribution in [0.25, 0.3) is 22.4 Å². The lowest BCUT2D eigenvalue weighted by Crippen LogP contribution is -2.22. The van der Waals surface area contributed by atoms with Crippen LogP contribution in [0.2, 0.25) is 0 Å². The van der Waals surface area contributed by atoms with Gasteiger partial charge >= 0.3 is 0 Å². The maximum atomic E-state index is 12.5. The highest BCUT2D eigenvalue weighted by Gasteiger charge is 2.10. The van der Waals surface area contributed by atoms with Crippen LogP contribution in [-0.4, -0.2) is 32.6 Å². The van der Waals surface area contributed by atoms with Crippen molar-refractivity contribution in [3.63, 3.8) is 0 Å².